The molecule has 0 radical (unpaired) electrons. The van der Waals surface area contributed by atoms with Gasteiger partial charge in [-0.05, 0) is 48.0 Å². The van der Waals surface area contributed by atoms with Crippen LogP contribution in [0.1, 0.15) is 11.1 Å². The third-order valence-corrected chi connectivity index (χ3v) is 6.10. The summed E-state index contributed by atoms with van der Waals surface area (Å²) in [7, 11) is 0. The molecule has 0 aliphatic heterocycles. The zero-order valence-electron chi connectivity index (χ0n) is 18.2. The smallest absolute Gasteiger partial charge is 0.124 e. The Kier molecular flexibility index (Phi) is 7.95. The van der Waals surface area contributed by atoms with Crippen molar-refractivity contribution in [3.63, 3.8) is 0 Å². The fraction of sp³-hybridized carbons (Fsp3) is 0.0345. The fourth-order valence-electron chi connectivity index (χ4n) is 3.67. The molecular formula is C29H21N2OPtS-. The topological polar surface area (TPSA) is 46.0 Å². The van der Waals surface area contributed by atoms with Gasteiger partial charge in [0.05, 0.1) is 10.7 Å². The van der Waals surface area contributed by atoms with E-state index in [0.29, 0.717) is 5.56 Å². The molecule has 0 bridgehead atoms. The first-order chi connectivity index (χ1) is 16.2. The molecule has 0 unspecified atom stereocenters. The van der Waals surface area contributed by atoms with Gasteiger partial charge in [0.15, 0.2) is 0 Å². The standard InChI is InChI=1S/C29H21N2OS.Pt/c32-28-14-5-4-11-25(28)27-13-8-12-26(31-27)23-18-22(17-21-9-2-1-3-10-21)19-24(20-23)33-29-15-6-7-16-30-29;/h1-16,18-19,32H,17H2;/q-1;. The first-order valence-corrected chi connectivity index (χ1v) is 11.5. The van der Waals surface area contributed by atoms with E-state index in [9.17, 15) is 5.11 Å². The zero-order chi connectivity index (χ0) is 22.5. The van der Waals surface area contributed by atoms with Crippen LogP contribution in [0.2, 0.25) is 0 Å². The van der Waals surface area contributed by atoms with E-state index in [0.717, 1.165) is 33.3 Å². The summed E-state index contributed by atoms with van der Waals surface area (Å²) in [4.78, 5) is 10.3. The van der Waals surface area contributed by atoms with E-state index in [1.165, 1.54) is 11.1 Å². The molecule has 34 heavy (non-hydrogen) atoms. The predicted molar refractivity (Wildman–Crippen MR) is 133 cm³/mol. The van der Waals surface area contributed by atoms with Gasteiger partial charge in [-0.1, -0.05) is 77.3 Å². The molecule has 0 spiro atoms. The number of para-hydroxylation sites is 1. The van der Waals surface area contributed by atoms with Crippen molar-refractivity contribution in [3.8, 4) is 28.3 Å². The number of hydrogen-bond donors (Lipinski definition) is 1. The van der Waals surface area contributed by atoms with E-state index in [-0.39, 0.29) is 26.8 Å². The Bertz CT molecular complexity index is 1320. The zero-order valence-corrected chi connectivity index (χ0v) is 21.3. The average Bonchev–Trinajstić information content (AvgIpc) is 2.85. The predicted octanol–water partition coefficient (Wildman–Crippen LogP) is 7.06. The van der Waals surface area contributed by atoms with Gasteiger partial charge < -0.3 is 5.11 Å². The van der Waals surface area contributed by atoms with Crippen molar-refractivity contribution >= 4 is 11.8 Å². The number of nitrogens with zero attached hydrogens (tertiary/aromatic N) is 2. The van der Waals surface area contributed by atoms with Crippen LogP contribution in [0.3, 0.4) is 0 Å². The van der Waals surface area contributed by atoms with Crippen molar-refractivity contribution in [3.05, 3.63) is 127 Å². The van der Waals surface area contributed by atoms with Crippen molar-refractivity contribution in [2.45, 2.75) is 16.3 Å². The van der Waals surface area contributed by atoms with Crippen LogP contribution in [0, 0.1) is 6.07 Å². The maximum atomic E-state index is 10.3. The molecule has 0 aliphatic rings. The number of phenolic OH excluding ortho intramolecular Hbond substituents is 1. The molecule has 0 aliphatic carbocycles. The van der Waals surface area contributed by atoms with Gasteiger partial charge in [-0.15, -0.1) is 29.3 Å². The summed E-state index contributed by atoms with van der Waals surface area (Å²) in [6.45, 7) is 0. The second kappa shape index (κ2) is 11.3. The maximum Gasteiger partial charge on any atom is 0.124 e. The quantitative estimate of drug-likeness (QED) is 0.202. The van der Waals surface area contributed by atoms with E-state index in [1.807, 2.05) is 60.7 Å². The minimum absolute atomic E-state index is 0. The molecular weight excluding hydrogens is 619 g/mol. The molecule has 5 heteroatoms. The van der Waals surface area contributed by atoms with Crippen LogP contribution in [0.15, 0.2) is 119 Å². The molecule has 0 saturated heterocycles. The second-order valence-electron chi connectivity index (χ2n) is 7.62. The second-order valence-corrected chi connectivity index (χ2v) is 8.69. The third kappa shape index (κ3) is 5.83. The Morgan fingerprint density at radius 3 is 2.29 bits per heavy atom. The van der Waals surface area contributed by atoms with Crippen molar-refractivity contribution < 1.29 is 26.2 Å². The number of benzene rings is 3. The van der Waals surface area contributed by atoms with Gasteiger partial charge in [0, 0.05) is 32.8 Å². The molecule has 0 saturated carbocycles. The average molecular weight is 641 g/mol. The van der Waals surface area contributed by atoms with E-state index in [1.54, 1.807) is 24.0 Å². The number of pyridine rings is 2. The molecule has 5 aromatic rings. The van der Waals surface area contributed by atoms with E-state index >= 15 is 0 Å². The molecule has 170 valence electrons. The van der Waals surface area contributed by atoms with Gasteiger partial charge in [0.1, 0.15) is 5.75 Å². The Balaban J connectivity index is 0.00000274. The van der Waals surface area contributed by atoms with Crippen LogP contribution < -0.4 is 0 Å². The van der Waals surface area contributed by atoms with Crippen LogP contribution in [0.25, 0.3) is 22.5 Å². The number of hydrogen-bond acceptors (Lipinski definition) is 4. The number of phenols is 1. The van der Waals surface area contributed by atoms with Crippen LogP contribution in [0.4, 0.5) is 0 Å². The van der Waals surface area contributed by atoms with Crippen LogP contribution in [-0.2, 0) is 27.5 Å². The Morgan fingerprint density at radius 2 is 1.50 bits per heavy atom. The van der Waals surface area contributed by atoms with Crippen molar-refractivity contribution in [2.24, 2.45) is 0 Å². The summed E-state index contributed by atoms with van der Waals surface area (Å²) in [5.41, 5.74) is 5.60. The molecule has 2 aromatic heterocycles. The minimum atomic E-state index is 0. The maximum absolute atomic E-state index is 10.3. The van der Waals surface area contributed by atoms with Gasteiger partial charge in [-0.3, -0.25) is 4.98 Å². The number of aromatic nitrogens is 2. The number of aromatic hydroxyl groups is 1. The summed E-state index contributed by atoms with van der Waals surface area (Å²) in [6.07, 6.45) is 2.62. The van der Waals surface area contributed by atoms with E-state index < -0.39 is 0 Å². The van der Waals surface area contributed by atoms with E-state index in [2.05, 4.69) is 47.4 Å². The number of rotatable bonds is 6. The molecule has 2 heterocycles. The van der Waals surface area contributed by atoms with Gasteiger partial charge in [0.25, 0.3) is 0 Å². The van der Waals surface area contributed by atoms with Crippen LogP contribution >= 0.6 is 11.8 Å². The Labute approximate surface area is 218 Å². The van der Waals surface area contributed by atoms with E-state index in [4.69, 9.17) is 4.98 Å². The molecule has 0 fully saturated rings. The first kappa shape index (κ1) is 23.9. The van der Waals surface area contributed by atoms with Gasteiger partial charge >= 0.3 is 0 Å². The molecule has 0 amide bonds. The molecule has 3 nitrogen and oxygen atoms in total. The van der Waals surface area contributed by atoms with Crippen molar-refractivity contribution in [1.29, 1.82) is 0 Å². The summed E-state index contributed by atoms with van der Waals surface area (Å²) in [6, 6.07) is 37.3. The van der Waals surface area contributed by atoms with Gasteiger partial charge in [0.2, 0.25) is 0 Å². The van der Waals surface area contributed by atoms with Crippen LogP contribution in [-0.4, -0.2) is 15.1 Å². The summed E-state index contributed by atoms with van der Waals surface area (Å²) in [5, 5.41) is 11.2. The molecule has 3 aromatic carbocycles. The molecule has 5 rings (SSSR count). The summed E-state index contributed by atoms with van der Waals surface area (Å²) in [5.74, 6) is 0.218. The third-order valence-electron chi connectivity index (χ3n) is 5.21. The molecule has 0 atom stereocenters. The van der Waals surface area contributed by atoms with Crippen LogP contribution in [0.5, 0.6) is 5.75 Å². The van der Waals surface area contributed by atoms with Crippen molar-refractivity contribution in [2.75, 3.05) is 0 Å². The fourth-order valence-corrected chi connectivity index (χ4v) is 4.53. The monoisotopic (exact) mass is 640 g/mol. The van der Waals surface area contributed by atoms with Gasteiger partial charge in [-0.2, -0.15) is 0 Å². The Hall–Kier alpha value is -3.20. The van der Waals surface area contributed by atoms with Gasteiger partial charge in [-0.25, -0.2) is 4.98 Å². The SMILES string of the molecule is Oc1ccccc1-c1cccc(-c2[c-]c(Sc3ccccn3)cc(Cc3ccccc3)c2)n1.[Pt]. The summed E-state index contributed by atoms with van der Waals surface area (Å²) >= 11 is 1.59. The molecule has 1 N–H and O–H groups in total. The first-order valence-electron chi connectivity index (χ1n) is 10.7. The minimum Gasteiger partial charge on any atom is -0.507 e. The Morgan fingerprint density at radius 1 is 0.735 bits per heavy atom. The summed E-state index contributed by atoms with van der Waals surface area (Å²) < 4.78 is 0. The van der Waals surface area contributed by atoms with Crippen molar-refractivity contribution in [1.82, 2.24) is 9.97 Å². The normalized spacial score (nSPS) is 10.5. The largest absolute Gasteiger partial charge is 0.507 e.